The number of aliphatic hydroxyl groups is 2. The van der Waals surface area contributed by atoms with Gasteiger partial charge in [-0.05, 0) is 18.6 Å². The van der Waals surface area contributed by atoms with Gasteiger partial charge in [-0.1, -0.05) is 39.8 Å². The van der Waals surface area contributed by atoms with E-state index in [0.29, 0.717) is 36.7 Å². The minimum atomic E-state index is -0.601. The average molecular weight is 391 g/mol. The molecule has 0 saturated heterocycles. The van der Waals surface area contributed by atoms with E-state index in [-0.39, 0.29) is 25.6 Å². The first kappa shape index (κ1) is 24.9. The third kappa shape index (κ3) is 10.2. The number of aliphatic hydroxyl groups excluding tert-OH is 2. The first-order valence-electron chi connectivity index (χ1n) is 8.97. The highest BCUT2D eigenvalue weighted by atomic mass is 35.5. The summed E-state index contributed by atoms with van der Waals surface area (Å²) >= 11 is 0. The number of hydrogen-bond donors (Lipinski definition) is 4. The van der Waals surface area contributed by atoms with Crippen LogP contribution in [0.25, 0.3) is 0 Å². The Labute approximate surface area is 163 Å². The predicted molar refractivity (Wildman–Crippen MR) is 108 cm³/mol. The number of aryl methyl sites for hydroxylation is 1. The van der Waals surface area contributed by atoms with Crippen molar-refractivity contribution < 1.29 is 19.7 Å². The van der Waals surface area contributed by atoms with Gasteiger partial charge in [0.1, 0.15) is 25.4 Å². The number of ether oxygens (including phenoxy) is 2. The van der Waals surface area contributed by atoms with Crippen LogP contribution in [0.1, 0.15) is 33.3 Å². The number of nitrogens with one attached hydrogen (secondary N) is 2. The second kappa shape index (κ2) is 13.2. The summed E-state index contributed by atoms with van der Waals surface area (Å²) in [5, 5.41) is 26.3. The molecule has 0 saturated carbocycles. The summed E-state index contributed by atoms with van der Waals surface area (Å²) in [6, 6.07) is 6.25. The van der Waals surface area contributed by atoms with Gasteiger partial charge in [0.25, 0.3) is 0 Å². The molecule has 1 aromatic rings. The first-order valence-corrected chi connectivity index (χ1v) is 8.97. The van der Waals surface area contributed by atoms with E-state index in [1.54, 1.807) is 0 Å². The molecule has 0 amide bonds. The lowest BCUT2D eigenvalue weighted by molar-refractivity contribution is 0.0906. The minimum absolute atomic E-state index is 0. The summed E-state index contributed by atoms with van der Waals surface area (Å²) in [7, 11) is 0. The highest BCUT2D eigenvalue weighted by molar-refractivity contribution is 5.85. The van der Waals surface area contributed by atoms with Crippen molar-refractivity contribution in [3.05, 3.63) is 23.8 Å². The van der Waals surface area contributed by atoms with Crippen LogP contribution in [-0.4, -0.2) is 60.8 Å². The molecular formula is C19H35ClN2O4. The van der Waals surface area contributed by atoms with E-state index >= 15 is 0 Å². The van der Waals surface area contributed by atoms with E-state index in [9.17, 15) is 10.2 Å². The lowest BCUT2D eigenvalue weighted by Crippen LogP contribution is -2.35. The molecule has 0 spiro atoms. The fraction of sp³-hybridized carbons (Fsp3) is 0.684. The minimum Gasteiger partial charge on any atom is -0.487 e. The van der Waals surface area contributed by atoms with E-state index in [2.05, 4.69) is 10.6 Å². The van der Waals surface area contributed by atoms with Crippen LogP contribution < -0.4 is 20.1 Å². The van der Waals surface area contributed by atoms with Crippen molar-refractivity contribution in [3.63, 3.8) is 0 Å². The maximum Gasteiger partial charge on any atom is 0.164 e. The molecule has 26 heavy (non-hydrogen) atoms. The molecule has 4 N–H and O–H groups in total. The number of para-hydroxylation sites is 1. The van der Waals surface area contributed by atoms with Crippen molar-refractivity contribution in [2.24, 2.45) is 0 Å². The third-order valence-electron chi connectivity index (χ3n) is 3.55. The molecule has 0 radical (unpaired) electrons. The summed E-state index contributed by atoms with van der Waals surface area (Å²) in [5.74, 6) is 1.18. The molecule has 1 rings (SSSR count). The van der Waals surface area contributed by atoms with Crippen LogP contribution in [0.5, 0.6) is 11.5 Å². The number of hydrogen-bond acceptors (Lipinski definition) is 6. The molecule has 0 aliphatic heterocycles. The van der Waals surface area contributed by atoms with Crippen molar-refractivity contribution in [1.82, 2.24) is 10.6 Å². The second-order valence-corrected chi connectivity index (χ2v) is 6.96. The van der Waals surface area contributed by atoms with Gasteiger partial charge < -0.3 is 30.3 Å². The molecule has 0 heterocycles. The molecule has 0 bridgehead atoms. The van der Waals surface area contributed by atoms with Gasteiger partial charge in [0.05, 0.1) is 0 Å². The Morgan fingerprint density at radius 3 is 1.88 bits per heavy atom. The molecule has 2 unspecified atom stereocenters. The van der Waals surface area contributed by atoms with Gasteiger partial charge in [-0.2, -0.15) is 0 Å². The summed E-state index contributed by atoms with van der Waals surface area (Å²) in [4.78, 5) is 0. The van der Waals surface area contributed by atoms with Crippen LogP contribution in [0.4, 0.5) is 0 Å². The lowest BCUT2D eigenvalue weighted by atomic mass is 10.2. The van der Waals surface area contributed by atoms with Crippen molar-refractivity contribution in [3.8, 4) is 11.5 Å². The van der Waals surface area contributed by atoms with Gasteiger partial charge in [-0.3, -0.25) is 0 Å². The zero-order chi connectivity index (χ0) is 18.8. The van der Waals surface area contributed by atoms with Gasteiger partial charge in [-0.25, -0.2) is 0 Å². The van der Waals surface area contributed by atoms with Gasteiger partial charge in [0, 0.05) is 25.2 Å². The molecular weight excluding hydrogens is 356 g/mol. The van der Waals surface area contributed by atoms with Gasteiger partial charge >= 0.3 is 0 Å². The van der Waals surface area contributed by atoms with Crippen molar-refractivity contribution >= 4 is 12.4 Å². The van der Waals surface area contributed by atoms with Crippen molar-refractivity contribution in [2.45, 2.75) is 58.9 Å². The highest BCUT2D eigenvalue weighted by Crippen LogP contribution is 2.31. The van der Waals surface area contributed by atoms with Gasteiger partial charge in [0.15, 0.2) is 11.5 Å². The summed E-state index contributed by atoms with van der Waals surface area (Å²) in [6.45, 7) is 11.3. The topological polar surface area (TPSA) is 83.0 Å². The molecule has 2 atom stereocenters. The molecule has 0 aliphatic carbocycles. The van der Waals surface area contributed by atoms with E-state index in [4.69, 9.17) is 9.47 Å². The van der Waals surface area contributed by atoms with Crippen molar-refractivity contribution in [2.75, 3.05) is 26.3 Å². The Balaban J connectivity index is 0.00000625. The molecule has 0 fully saturated rings. The van der Waals surface area contributed by atoms with Crippen LogP contribution in [-0.2, 0) is 0 Å². The predicted octanol–water partition coefficient (Wildman–Crippen LogP) is 1.89. The molecule has 0 aromatic heterocycles. The van der Waals surface area contributed by atoms with E-state index < -0.39 is 12.2 Å². The summed E-state index contributed by atoms with van der Waals surface area (Å²) < 4.78 is 11.5. The summed E-state index contributed by atoms with van der Waals surface area (Å²) in [5.41, 5.74) is 0.927. The average Bonchev–Trinajstić information content (AvgIpc) is 2.55. The normalized spacial score (nSPS) is 13.4. The fourth-order valence-corrected chi connectivity index (χ4v) is 2.15. The number of benzene rings is 1. The SMILES string of the molecule is Cc1cccc(OCC(O)CNC(C)C)c1OCC(O)CNC(C)C.Cl. The smallest absolute Gasteiger partial charge is 0.164 e. The molecule has 152 valence electrons. The first-order chi connectivity index (χ1) is 11.8. The molecule has 7 heteroatoms. The Kier molecular flexibility index (Phi) is 12.6. The Bertz CT molecular complexity index is 500. The Morgan fingerprint density at radius 2 is 1.38 bits per heavy atom. The molecule has 6 nitrogen and oxygen atoms in total. The van der Waals surface area contributed by atoms with Crippen LogP contribution in [0.2, 0.25) is 0 Å². The maximum absolute atomic E-state index is 10.0. The van der Waals surface area contributed by atoms with Gasteiger partial charge in [0.2, 0.25) is 0 Å². The Morgan fingerprint density at radius 1 is 0.885 bits per heavy atom. The Hall–Kier alpha value is -1.05. The van der Waals surface area contributed by atoms with Crippen LogP contribution in [0.3, 0.4) is 0 Å². The third-order valence-corrected chi connectivity index (χ3v) is 3.55. The van der Waals surface area contributed by atoms with Gasteiger partial charge in [-0.15, -0.1) is 12.4 Å². The second-order valence-electron chi connectivity index (χ2n) is 6.96. The number of halogens is 1. The van der Waals surface area contributed by atoms with E-state index in [1.807, 2.05) is 52.8 Å². The molecule has 1 aromatic carbocycles. The quantitative estimate of drug-likeness (QED) is 0.436. The largest absolute Gasteiger partial charge is 0.487 e. The van der Waals surface area contributed by atoms with E-state index in [0.717, 1.165) is 5.56 Å². The monoisotopic (exact) mass is 390 g/mol. The fourth-order valence-electron chi connectivity index (χ4n) is 2.15. The van der Waals surface area contributed by atoms with E-state index in [1.165, 1.54) is 0 Å². The van der Waals surface area contributed by atoms with Crippen LogP contribution >= 0.6 is 12.4 Å². The van der Waals surface area contributed by atoms with Crippen LogP contribution in [0, 0.1) is 6.92 Å². The van der Waals surface area contributed by atoms with Crippen molar-refractivity contribution in [1.29, 1.82) is 0 Å². The maximum atomic E-state index is 10.0. The highest BCUT2D eigenvalue weighted by Gasteiger charge is 2.13. The van der Waals surface area contributed by atoms with Crippen LogP contribution in [0.15, 0.2) is 18.2 Å². The molecule has 0 aliphatic rings. The zero-order valence-corrected chi connectivity index (χ0v) is 17.3. The number of rotatable bonds is 12. The standard InChI is InChI=1S/C19H34N2O4.ClH/c1-13(2)20-9-16(22)11-24-18-8-6-7-15(5)19(18)25-12-17(23)10-21-14(3)4;/h6-8,13-14,16-17,20-23H,9-12H2,1-5H3;1H. The summed E-state index contributed by atoms with van der Waals surface area (Å²) in [6.07, 6.45) is -1.20. The lowest BCUT2D eigenvalue weighted by Gasteiger charge is -2.19. The zero-order valence-electron chi connectivity index (χ0n) is 16.5.